The van der Waals surface area contributed by atoms with E-state index in [1.807, 2.05) is 0 Å². The summed E-state index contributed by atoms with van der Waals surface area (Å²) in [6.45, 7) is 0. The summed E-state index contributed by atoms with van der Waals surface area (Å²) in [5.41, 5.74) is 0. The quantitative estimate of drug-likeness (QED) is 0.161. The summed E-state index contributed by atoms with van der Waals surface area (Å²) in [5.74, 6) is 0. The van der Waals surface area contributed by atoms with Crippen LogP contribution in [0.1, 0.15) is 0 Å². The first-order valence-electron chi connectivity index (χ1n) is 4.38. The number of hydrogen-bond acceptors (Lipinski definition) is 20. The molecule has 0 unspecified atom stereocenters. The summed E-state index contributed by atoms with van der Waals surface area (Å²) in [4.78, 5) is 97.3. The molecule has 0 fully saturated rings. The van der Waals surface area contributed by atoms with Crippen molar-refractivity contribution in [3.63, 3.8) is 0 Å². The van der Waals surface area contributed by atoms with Crippen molar-refractivity contribution in [3.8, 4) is 0 Å². The predicted molar refractivity (Wildman–Crippen MR) is 50.0 cm³/mol. The maximum atomic E-state index is 10.1. The summed E-state index contributed by atoms with van der Waals surface area (Å²) >= 11 is 0. The monoisotopic (exact) mass is 895 g/mol. The summed E-state index contributed by atoms with van der Waals surface area (Å²) in [5, 5.41) is 0. The van der Waals surface area contributed by atoms with E-state index in [2.05, 4.69) is 17.2 Å². The van der Waals surface area contributed by atoms with Gasteiger partial charge in [0.25, 0.3) is 15.6 Å². The second kappa shape index (κ2) is 41.8. The summed E-state index contributed by atoms with van der Waals surface area (Å²) in [7, 11) is -35.8. The van der Waals surface area contributed by atoms with E-state index in [1.54, 1.807) is 0 Å². The Balaban J connectivity index is -0.0000000250. The second-order valence-electron chi connectivity index (χ2n) is 3.01. The van der Waals surface area contributed by atoms with Gasteiger partial charge in [0.15, 0.2) is 0 Å². The molecule has 0 saturated heterocycles. The van der Waals surface area contributed by atoms with Gasteiger partial charge in [0.2, 0.25) is 0 Å². The molecule has 0 rings (SSSR count). The van der Waals surface area contributed by atoms with Crippen LogP contribution in [0.5, 0.6) is 0 Å². The molecule has 0 aromatic heterocycles. The second-order valence-corrected chi connectivity index (χ2v) is 11.0. The Labute approximate surface area is 630 Å². The topological polar surface area (TPSA) is 370 Å². The fourth-order valence-electron chi connectivity index (χ4n) is 0.520. The first-order chi connectivity index (χ1) is 10.8. The zero-order valence-electron chi connectivity index (χ0n) is 20.8. The van der Waals surface area contributed by atoms with Crippen molar-refractivity contribution < 1.29 is 607 Å². The fraction of sp³-hybridized carbons (Fsp3) is 0. The molecule has 0 saturated carbocycles. The van der Waals surface area contributed by atoms with E-state index in [9.17, 15) is 76.3 Å². The minimum atomic E-state index is -5.97. The number of rotatable bonds is 8. The van der Waals surface area contributed by atoms with E-state index in [0.717, 1.165) is 0 Å². The summed E-state index contributed by atoms with van der Waals surface area (Å²) in [6.07, 6.45) is 0. The minimum Gasteiger partial charge on any atom is -0.790 e. The van der Waals surface area contributed by atoms with Crippen LogP contribution in [0.25, 0.3) is 0 Å². The van der Waals surface area contributed by atoms with Gasteiger partial charge in [-0.2, -0.15) is 0 Å². The standard InChI is InChI=1S/10K.2H5O10P3/c;;;;;;;;;;2*1-11(2,3)9-13(7,8)10-12(4,5)6/h;;;;;;;;;;2*(H,7,8)(H2,1,2,3)(H2,4,5,6)/q10*+1;;/p-10. The van der Waals surface area contributed by atoms with Gasteiger partial charge in [-0.3, -0.25) is 26.4 Å². The third-order valence-corrected chi connectivity index (χ3v) is 7.20. The molecule has 0 aliphatic heterocycles. The Kier molecular flexibility index (Phi) is 99.2. The fourth-order valence-corrected chi connectivity index (χ4v) is 5.21. The number of hydrogen-bond donors (Lipinski definition) is 0. The largest absolute Gasteiger partial charge is 1.00 e. The van der Waals surface area contributed by atoms with Crippen molar-refractivity contribution in [2.24, 2.45) is 0 Å². The van der Waals surface area contributed by atoms with Crippen molar-refractivity contribution in [2.75, 3.05) is 0 Å². The van der Waals surface area contributed by atoms with Gasteiger partial charge in [-0.25, -0.2) is 0 Å². The molecule has 0 spiro atoms. The van der Waals surface area contributed by atoms with Crippen LogP contribution in [-0.4, -0.2) is 0 Å². The normalized spacial score (nSPS) is 10.5. The zero-order chi connectivity index (χ0) is 21.8. The SMILES string of the molecule is O=P([O-])([O-])OP(=O)([O-])OP(=O)([O-])[O-].O=P([O-])([O-])OP(=O)([O-])OP(=O)([O-])[O-].[K+].[K+].[K+].[K+].[K+].[K+].[K+].[K+].[K+].[K+]. The number of phosphoric acid groups is 6. The van der Waals surface area contributed by atoms with Gasteiger partial charge in [0.05, 0.1) is 31.3 Å². The van der Waals surface area contributed by atoms with E-state index >= 15 is 0 Å². The Hall–Kier alpha value is 17.2. The van der Waals surface area contributed by atoms with E-state index in [-0.39, 0.29) is 514 Å². The van der Waals surface area contributed by atoms with Crippen LogP contribution in [0.3, 0.4) is 0 Å². The van der Waals surface area contributed by atoms with Crippen LogP contribution >= 0.6 is 46.9 Å². The Bertz CT molecular complexity index is 639. The van der Waals surface area contributed by atoms with Gasteiger partial charge in [-0.15, -0.1) is 0 Å². The van der Waals surface area contributed by atoms with Crippen LogP contribution in [0, 0.1) is 0 Å². The molecular formula is K10O20P6. The van der Waals surface area contributed by atoms with Crippen LogP contribution in [0.4, 0.5) is 0 Å². The molecule has 160 valence electrons. The Morgan fingerprint density at radius 2 is 0.361 bits per heavy atom. The molecule has 0 aromatic rings. The minimum absolute atomic E-state index is 0. The molecule has 36 heteroatoms. The van der Waals surface area contributed by atoms with Crippen LogP contribution < -0.4 is 563 Å². The van der Waals surface area contributed by atoms with Crippen molar-refractivity contribution in [1.82, 2.24) is 0 Å². The van der Waals surface area contributed by atoms with E-state index in [0.29, 0.717) is 0 Å². The average molecular weight is 897 g/mol. The molecule has 0 N–H and O–H groups in total. The first kappa shape index (κ1) is 85.4. The molecular weight excluding hydrogens is 897 g/mol. The summed E-state index contributed by atoms with van der Waals surface area (Å²) in [6, 6.07) is 0. The molecule has 0 atom stereocenters. The van der Waals surface area contributed by atoms with Crippen molar-refractivity contribution >= 4 is 46.9 Å². The van der Waals surface area contributed by atoms with Crippen LogP contribution in [-0.2, 0) is 44.6 Å². The van der Waals surface area contributed by atoms with Crippen molar-refractivity contribution in [2.45, 2.75) is 0 Å². The van der Waals surface area contributed by atoms with Gasteiger partial charge < -0.3 is 67.2 Å². The van der Waals surface area contributed by atoms with Gasteiger partial charge >= 0.3 is 514 Å². The smallest absolute Gasteiger partial charge is 0.790 e. The van der Waals surface area contributed by atoms with Crippen molar-refractivity contribution in [3.05, 3.63) is 0 Å². The average Bonchev–Trinajstić information content (AvgIpc) is 1.97. The Morgan fingerprint density at radius 3 is 0.417 bits per heavy atom. The zero-order valence-corrected chi connectivity index (χ0v) is 57.4. The molecule has 0 amide bonds. The summed E-state index contributed by atoms with van der Waals surface area (Å²) < 4.78 is 69.4. The van der Waals surface area contributed by atoms with E-state index in [4.69, 9.17) is 0 Å². The molecule has 20 nitrogen and oxygen atoms in total. The van der Waals surface area contributed by atoms with Crippen LogP contribution in [0.15, 0.2) is 0 Å². The van der Waals surface area contributed by atoms with Gasteiger partial charge in [-0.05, 0) is 0 Å². The molecule has 0 radical (unpaired) electrons. The van der Waals surface area contributed by atoms with Crippen molar-refractivity contribution in [1.29, 1.82) is 0 Å². The molecule has 36 heavy (non-hydrogen) atoms. The van der Waals surface area contributed by atoms with Gasteiger partial charge in [-0.1, -0.05) is 0 Å². The first-order valence-corrected chi connectivity index (χ1v) is 13.1. The van der Waals surface area contributed by atoms with Gasteiger partial charge in [0.1, 0.15) is 0 Å². The van der Waals surface area contributed by atoms with Crippen LogP contribution in [0.2, 0.25) is 0 Å². The maximum Gasteiger partial charge on any atom is 1.00 e. The molecule has 0 aliphatic carbocycles. The Morgan fingerprint density at radius 1 is 0.278 bits per heavy atom. The third-order valence-electron chi connectivity index (χ3n) is 0.800. The molecule has 0 bridgehead atoms. The third kappa shape index (κ3) is 76.0. The van der Waals surface area contributed by atoms with E-state index in [1.165, 1.54) is 0 Å². The maximum absolute atomic E-state index is 10.1. The molecule has 0 aliphatic rings. The molecule has 0 aromatic carbocycles. The molecule has 0 heterocycles. The van der Waals surface area contributed by atoms with Gasteiger partial charge in [0, 0.05) is 0 Å². The van der Waals surface area contributed by atoms with E-state index < -0.39 is 46.9 Å². The predicted octanol–water partition coefficient (Wildman–Crippen LogP) is -37.7.